The Labute approximate surface area is 116 Å². The molecule has 0 aromatic heterocycles. The Hall–Kier alpha value is -1.85. The molecule has 0 aliphatic rings. The molecule has 2 aromatic rings. The van der Waals surface area contributed by atoms with Crippen LogP contribution in [-0.2, 0) is 10.0 Å². The molecule has 19 heavy (non-hydrogen) atoms. The molecule has 0 heterocycles. The van der Waals surface area contributed by atoms with Crippen LogP contribution in [0.25, 0.3) is 0 Å². The summed E-state index contributed by atoms with van der Waals surface area (Å²) in [6.07, 6.45) is 0.692. The molecular weight excluding hydrogens is 286 g/mol. The maximum atomic E-state index is 12.0. The van der Waals surface area contributed by atoms with E-state index in [9.17, 15) is 13.2 Å². The maximum absolute atomic E-state index is 12.0. The van der Waals surface area contributed by atoms with Crippen molar-refractivity contribution in [2.45, 2.75) is 4.90 Å². The molecule has 0 aliphatic carbocycles. The molecule has 4 nitrogen and oxygen atoms in total. The SMILES string of the molecule is O=Cc1ccc(NS(=O)(=O)c2ccc(Cl)cc2)cc1. The highest BCUT2D eigenvalue weighted by atomic mass is 35.5. The summed E-state index contributed by atoms with van der Waals surface area (Å²) < 4.78 is 26.5. The summed E-state index contributed by atoms with van der Waals surface area (Å²) in [4.78, 5) is 10.6. The van der Waals surface area contributed by atoms with Gasteiger partial charge in [0.15, 0.2) is 0 Å². The molecule has 0 radical (unpaired) electrons. The molecule has 2 aromatic carbocycles. The predicted octanol–water partition coefficient (Wildman–Crippen LogP) is 2.95. The number of halogens is 1. The van der Waals surface area contributed by atoms with Crippen molar-refractivity contribution in [3.05, 3.63) is 59.1 Å². The summed E-state index contributed by atoms with van der Waals surface area (Å²) in [7, 11) is -3.65. The zero-order valence-electron chi connectivity index (χ0n) is 9.71. The number of hydrogen-bond donors (Lipinski definition) is 1. The highest BCUT2D eigenvalue weighted by Gasteiger charge is 2.13. The Morgan fingerprint density at radius 3 is 2.05 bits per heavy atom. The van der Waals surface area contributed by atoms with Crippen LogP contribution in [0.4, 0.5) is 5.69 Å². The van der Waals surface area contributed by atoms with Crippen molar-refractivity contribution in [3.8, 4) is 0 Å². The number of hydrogen-bond acceptors (Lipinski definition) is 3. The number of sulfonamides is 1. The molecule has 0 aliphatic heterocycles. The lowest BCUT2D eigenvalue weighted by Gasteiger charge is -2.08. The lowest BCUT2D eigenvalue weighted by Crippen LogP contribution is -2.12. The summed E-state index contributed by atoms with van der Waals surface area (Å²) >= 11 is 5.71. The number of anilines is 1. The fraction of sp³-hybridized carbons (Fsp3) is 0. The van der Waals surface area contributed by atoms with Crippen LogP contribution in [0.3, 0.4) is 0 Å². The first-order valence-electron chi connectivity index (χ1n) is 5.35. The standard InChI is InChI=1S/C13H10ClNO3S/c14-11-3-7-13(8-4-11)19(17,18)15-12-5-1-10(9-16)2-6-12/h1-9,15H. The minimum Gasteiger partial charge on any atom is -0.298 e. The van der Waals surface area contributed by atoms with Crippen molar-refractivity contribution in [1.82, 2.24) is 0 Å². The van der Waals surface area contributed by atoms with Gasteiger partial charge < -0.3 is 0 Å². The smallest absolute Gasteiger partial charge is 0.261 e. The number of rotatable bonds is 4. The van der Waals surface area contributed by atoms with Crippen molar-refractivity contribution >= 4 is 33.6 Å². The zero-order chi connectivity index (χ0) is 13.9. The Morgan fingerprint density at radius 2 is 1.53 bits per heavy atom. The summed E-state index contributed by atoms with van der Waals surface area (Å²) in [6.45, 7) is 0. The van der Waals surface area contributed by atoms with Gasteiger partial charge in [0.2, 0.25) is 0 Å². The van der Waals surface area contributed by atoms with Gasteiger partial charge in [0, 0.05) is 16.3 Å². The lowest BCUT2D eigenvalue weighted by molar-refractivity contribution is 0.112. The van der Waals surface area contributed by atoms with E-state index in [4.69, 9.17) is 11.6 Å². The molecule has 0 bridgehead atoms. The molecule has 0 atom stereocenters. The molecule has 0 spiro atoms. The summed E-state index contributed by atoms with van der Waals surface area (Å²) in [5.74, 6) is 0. The van der Waals surface area contributed by atoms with Crippen LogP contribution >= 0.6 is 11.6 Å². The summed E-state index contributed by atoms with van der Waals surface area (Å²) in [6, 6.07) is 12.0. The van der Waals surface area contributed by atoms with Gasteiger partial charge in [-0.25, -0.2) is 8.42 Å². The molecule has 0 saturated heterocycles. The van der Waals surface area contributed by atoms with Gasteiger partial charge in [-0.2, -0.15) is 0 Å². The average Bonchev–Trinajstić information content (AvgIpc) is 2.40. The largest absolute Gasteiger partial charge is 0.298 e. The average molecular weight is 296 g/mol. The normalized spacial score (nSPS) is 11.0. The second-order valence-corrected chi connectivity index (χ2v) is 5.92. The highest BCUT2D eigenvalue weighted by Crippen LogP contribution is 2.18. The van der Waals surface area contributed by atoms with Crippen molar-refractivity contribution in [2.75, 3.05) is 4.72 Å². The van der Waals surface area contributed by atoms with Gasteiger partial charge in [0.05, 0.1) is 4.90 Å². The molecule has 0 fully saturated rings. The first kappa shape index (κ1) is 13.6. The fourth-order valence-corrected chi connectivity index (χ4v) is 2.64. The second-order valence-electron chi connectivity index (χ2n) is 3.80. The summed E-state index contributed by atoms with van der Waals surface area (Å²) in [5.41, 5.74) is 0.870. The molecule has 2 rings (SSSR count). The number of benzene rings is 2. The third-order valence-electron chi connectivity index (χ3n) is 2.42. The fourth-order valence-electron chi connectivity index (χ4n) is 1.46. The van der Waals surface area contributed by atoms with E-state index in [-0.39, 0.29) is 4.90 Å². The molecule has 0 amide bonds. The van der Waals surface area contributed by atoms with Gasteiger partial charge in [-0.15, -0.1) is 0 Å². The quantitative estimate of drug-likeness (QED) is 0.882. The van der Waals surface area contributed by atoms with Crippen molar-refractivity contribution in [2.24, 2.45) is 0 Å². The van der Waals surface area contributed by atoms with Crippen LogP contribution in [0.15, 0.2) is 53.4 Å². The Balaban J connectivity index is 2.25. The highest BCUT2D eigenvalue weighted by molar-refractivity contribution is 7.92. The van der Waals surface area contributed by atoms with Gasteiger partial charge in [0.25, 0.3) is 10.0 Å². The third kappa shape index (κ3) is 3.33. The Kier molecular flexibility index (Phi) is 3.87. The lowest BCUT2D eigenvalue weighted by atomic mass is 10.2. The van der Waals surface area contributed by atoms with E-state index in [1.165, 1.54) is 48.5 Å². The minimum atomic E-state index is -3.65. The molecule has 98 valence electrons. The van der Waals surface area contributed by atoms with Crippen LogP contribution in [0, 0.1) is 0 Å². The van der Waals surface area contributed by atoms with Crippen LogP contribution in [0.5, 0.6) is 0 Å². The van der Waals surface area contributed by atoms with Gasteiger partial charge in [-0.05, 0) is 48.5 Å². The van der Waals surface area contributed by atoms with Gasteiger partial charge in [-0.3, -0.25) is 9.52 Å². The van der Waals surface area contributed by atoms with Crippen LogP contribution < -0.4 is 4.72 Å². The third-order valence-corrected chi connectivity index (χ3v) is 4.07. The maximum Gasteiger partial charge on any atom is 0.261 e. The first-order chi connectivity index (χ1) is 9.01. The molecular formula is C13H10ClNO3S. The van der Waals surface area contributed by atoms with Gasteiger partial charge in [0.1, 0.15) is 6.29 Å². The number of carbonyl (C=O) groups excluding carboxylic acids is 1. The van der Waals surface area contributed by atoms with Crippen molar-refractivity contribution < 1.29 is 13.2 Å². The van der Waals surface area contributed by atoms with Crippen LogP contribution in [0.1, 0.15) is 10.4 Å². The minimum absolute atomic E-state index is 0.122. The van der Waals surface area contributed by atoms with Crippen molar-refractivity contribution in [1.29, 1.82) is 0 Å². The molecule has 0 saturated carbocycles. The second kappa shape index (κ2) is 5.42. The molecule has 1 N–H and O–H groups in total. The zero-order valence-corrected chi connectivity index (χ0v) is 11.3. The van der Waals surface area contributed by atoms with E-state index in [0.717, 1.165) is 0 Å². The van der Waals surface area contributed by atoms with E-state index in [2.05, 4.69) is 4.72 Å². The Morgan fingerprint density at radius 1 is 0.947 bits per heavy atom. The van der Waals surface area contributed by atoms with E-state index in [1.54, 1.807) is 0 Å². The number of aldehydes is 1. The first-order valence-corrected chi connectivity index (χ1v) is 7.21. The number of nitrogens with one attached hydrogen (secondary N) is 1. The Bertz CT molecular complexity index is 679. The van der Waals surface area contributed by atoms with Gasteiger partial charge >= 0.3 is 0 Å². The van der Waals surface area contributed by atoms with E-state index >= 15 is 0 Å². The monoisotopic (exact) mass is 295 g/mol. The molecule has 6 heteroatoms. The van der Waals surface area contributed by atoms with E-state index in [1.807, 2.05) is 0 Å². The van der Waals surface area contributed by atoms with E-state index < -0.39 is 10.0 Å². The van der Waals surface area contributed by atoms with Crippen LogP contribution in [0.2, 0.25) is 5.02 Å². The van der Waals surface area contributed by atoms with Crippen LogP contribution in [-0.4, -0.2) is 14.7 Å². The van der Waals surface area contributed by atoms with Gasteiger partial charge in [-0.1, -0.05) is 11.6 Å². The number of carbonyl (C=O) groups is 1. The summed E-state index contributed by atoms with van der Waals surface area (Å²) in [5, 5.41) is 0.467. The topological polar surface area (TPSA) is 63.2 Å². The van der Waals surface area contributed by atoms with Crippen molar-refractivity contribution in [3.63, 3.8) is 0 Å². The van der Waals surface area contributed by atoms with E-state index in [0.29, 0.717) is 22.6 Å². The molecule has 0 unspecified atom stereocenters. The predicted molar refractivity (Wildman–Crippen MR) is 74.1 cm³/mol.